The molecule has 2 aromatic heterocycles. The highest BCUT2D eigenvalue weighted by atomic mass is 32.1. The molecule has 1 unspecified atom stereocenters. The van der Waals surface area contributed by atoms with Crippen LogP contribution in [0, 0.1) is 0 Å². The Bertz CT molecular complexity index is 620. The average molecular weight is 303 g/mol. The van der Waals surface area contributed by atoms with Crippen LogP contribution < -0.4 is 0 Å². The molecule has 4 nitrogen and oxygen atoms in total. The first-order valence-corrected chi connectivity index (χ1v) is 7.04. The van der Waals surface area contributed by atoms with Crippen molar-refractivity contribution in [2.75, 3.05) is 0 Å². The summed E-state index contributed by atoms with van der Waals surface area (Å²) in [4.78, 5) is 3.59. The largest absolute Gasteiger partial charge is 0.434 e. The maximum absolute atomic E-state index is 12.5. The molecule has 2 heterocycles. The van der Waals surface area contributed by atoms with Crippen LogP contribution in [0.5, 0.6) is 0 Å². The molecule has 1 N–H and O–H groups in total. The third kappa shape index (κ3) is 2.57. The molecule has 0 aliphatic heterocycles. The monoisotopic (exact) mass is 303 g/mol. The van der Waals surface area contributed by atoms with E-state index < -0.39 is 18.0 Å². The van der Waals surface area contributed by atoms with Gasteiger partial charge in [-0.2, -0.15) is 18.3 Å². The van der Waals surface area contributed by atoms with E-state index in [1.165, 1.54) is 0 Å². The number of aromatic nitrogens is 3. The van der Waals surface area contributed by atoms with Crippen LogP contribution in [0.3, 0.4) is 0 Å². The van der Waals surface area contributed by atoms with Crippen molar-refractivity contribution in [1.29, 1.82) is 0 Å². The summed E-state index contributed by atoms with van der Waals surface area (Å²) < 4.78 is 39.1. The van der Waals surface area contributed by atoms with E-state index in [9.17, 15) is 18.3 Å². The lowest BCUT2D eigenvalue weighted by atomic mass is 9.96. The van der Waals surface area contributed by atoms with Crippen LogP contribution in [0.15, 0.2) is 11.6 Å². The lowest BCUT2D eigenvalue weighted by molar-refractivity contribution is -0.140. The number of hydrogen-bond donors (Lipinski definition) is 1. The Morgan fingerprint density at radius 1 is 1.45 bits per heavy atom. The fourth-order valence-electron chi connectivity index (χ4n) is 2.32. The van der Waals surface area contributed by atoms with E-state index in [4.69, 9.17) is 0 Å². The van der Waals surface area contributed by atoms with E-state index in [1.807, 2.05) is 0 Å². The molecule has 0 bridgehead atoms. The van der Waals surface area contributed by atoms with Crippen LogP contribution >= 0.6 is 11.3 Å². The number of aliphatic hydroxyl groups is 1. The molecule has 1 aliphatic rings. The van der Waals surface area contributed by atoms with E-state index in [0.29, 0.717) is 17.8 Å². The van der Waals surface area contributed by atoms with Crippen molar-refractivity contribution in [3.8, 4) is 0 Å². The molecule has 1 aliphatic carbocycles. The standard InChI is InChI=1S/C12H12F3N3OS/c13-12(14,15)10-6-20-11(17-10)5-18-9-3-8(19)2-1-7(9)4-16-18/h4,6,8,19H,1-3,5H2. The van der Waals surface area contributed by atoms with Crippen molar-refractivity contribution in [3.05, 3.63) is 33.5 Å². The minimum absolute atomic E-state index is 0.211. The van der Waals surface area contributed by atoms with E-state index in [0.717, 1.165) is 34.4 Å². The zero-order valence-electron chi connectivity index (χ0n) is 10.4. The topological polar surface area (TPSA) is 50.9 Å². The van der Waals surface area contributed by atoms with Crippen LogP contribution in [0.1, 0.15) is 28.4 Å². The molecule has 0 radical (unpaired) electrons. The first kappa shape index (κ1) is 13.6. The second kappa shape index (κ2) is 4.85. The smallest absolute Gasteiger partial charge is 0.393 e. The summed E-state index contributed by atoms with van der Waals surface area (Å²) in [6.45, 7) is 0.211. The van der Waals surface area contributed by atoms with Gasteiger partial charge in [0.2, 0.25) is 0 Å². The number of halogens is 3. The average Bonchev–Trinajstić information content (AvgIpc) is 2.97. The second-order valence-electron chi connectivity index (χ2n) is 4.80. The number of fused-ring (bicyclic) bond motifs is 1. The minimum atomic E-state index is -4.41. The number of thiazole rings is 1. The number of alkyl halides is 3. The van der Waals surface area contributed by atoms with Gasteiger partial charge in [-0.1, -0.05) is 0 Å². The first-order valence-electron chi connectivity index (χ1n) is 6.16. The van der Waals surface area contributed by atoms with E-state index in [1.54, 1.807) is 10.9 Å². The molecule has 1 atom stereocenters. The molecule has 20 heavy (non-hydrogen) atoms. The summed E-state index contributed by atoms with van der Waals surface area (Å²) in [5, 5.41) is 15.2. The summed E-state index contributed by atoms with van der Waals surface area (Å²) in [7, 11) is 0. The molecule has 2 aromatic rings. The van der Waals surface area contributed by atoms with Crippen molar-refractivity contribution < 1.29 is 18.3 Å². The highest BCUT2D eigenvalue weighted by Crippen LogP contribution is 2.30. The van der Waals surface area contributed by atoms with Crippen LogP contribution in [0.4, 0.5) is 13.2 Å². The van der Waals surface area contributed by atoms with Gasteiger partial charge in [-0.25, -0.2) is 4.98 Å². The molecule has 0 aromatic carbocycles. The summed E-state index contributed by atoms with van der Waals surface area (Å²) in [6, 6.07) is 0. The van der Waals surface area contributed by atoms with Crippen molar-refractivity contribution in [1.82, 2.24) is 14.8 Å². The van der Waals surface area contributed by atoms with Crippen molar-refractivity contribution >= 4 is 11.3 Å². The van der Waals surface area contributed by atoms with Gasteiger partial charge in [0.05, 0.1) is 18.8 Å². The summed E-state index contributed by atoms with van der Waals surface area (Å²) in [5.41, 5.74) is 1.09. The summed E-state index contributed by atoms with van der Waals surface area (Å²) in [6.07, 6.45) is -1.14. The van der Waals surface area contributed by atoms with Crippen LogP contribution in [0.2, 0.25) is 0 Å². The van der Waals surface area contributed by atoms with Gasteiger partial charge in [-0.05, 0) is 18.4 Å². The van der Waals surface area contributed by atoms with E-state index in [2.05, 4.69) is 10.1 Å². The predicted octanol–water partition coefficient (Wildman–Crippen LogP) is 2.26. The van der Waals surface area contributed by atoms with Gasteiger partial charge in [0.25, 0.3) is 0 Å². The molecular weight excluding hydrogens is 291 g/mol. The van der Waals surface area contributed by atoms with Crippen LogP contribution in [-0.2, 0) is 25.6 Å². The van der Waals surface area contributed by atoms with Gasteiger partial charge in [0, 0.05) is 17.5 Å². The molecule has 0 saturated carbocycles. The SMILES string of the molecule is OC1CCc2cnn(Cc3nc(C(F)(F)F)cs3)c2C1. The van der Waals surface area contributed by atoms with Gasteiger partial charge in [-0.15, -0.1) is 11.3 Å². The first-order chi connectivity index (χ1) is 9.43. The Morgan fingerprint density at radius 2 is 2.25 bits per heavy atom. The molecule has 0 spiro atoms. The van der Waals surface area contributed by atoms with Gasteiger partial charge in [-0.3, -0.25) is 4.68 Å². The van der Waals surface area contributed by atoms with Gasteiger partial charge in [0.1, 0.15) is 5.01 Å². The number of aryl methyl sites for hydroxylation is 1. The lowest BCUT2D eigenvalue weighted by Crippen LogP contribution is -2.21. The number of nitrogens with zero attached hydrogens (tertiary/aromatic N) is 3. The van der Waals surface area contributed by atoms with E-state index in [-0.39, 0.29) is 6.54 Å². The maximum atomic E-state index is 12.5. The van der Waals surface area contributed by atoms with Crippen LogP contribution in [0.25, 0.3) is 0 Å². The molecular formula is C12H12F3N3OS. The minimum Gasteiger partial charge on any atom is -0.393 e. The Morgan fingerprint density at radius 3 is 2.95 bits per heavy atom. The number of aliphatic hydroxyl groups excluding tert-OH is 1. The fourth-order valence-corrected chi connectivity index (χ4v) is 3.10. The second-order valence-corrected chi connectivity index (χ2v) is 5.74. The highest BCUT2D eigenvalue weighted by molar-refractivity contribution is 7.09. The Labute approximate surface area is 116 Å². The molecule has 0 fully saturated rings. The third-order valence-electron chi connectivity index (χ3n) is 3.34. The molecule has 8 heteroatoms. The molecule has 108 valence electrons. The van der Waals surface area contributed by atoms with Gasteiger partial charge in [0.15, 0.2) is 5.69 Å². The Kier molecular flexibility index (Phi) is 3.29. The molecule has 3 rings (SSSR count). The normalized spacial score (nSPS) is 19.1. The lowest BCUT2D eigenvalue weighted by Gasteiger charge is -2.18. The Balaban J connectivity index is 1.82. The summed E-state index contributed by atoms with van der Waals surface area (Å²) in [5.74, 6) is 0. The molecule has 0 amide bonds. The number of hydrogen-bond acceptors (Lipinski definition) is 4. The summed E-state index contributed by atoms with van der Waals surface area (Å²) >= 11 is 0.972. The highest BCUT2D eigenvalue weighted by Gasteiger charge is 2.33. The molecule has 0 saturated heterocycles. The van der Waals surface area contributed by atoms with E-state index >= 15 is 0 Å². The third-order valence-corrected chi connectivity index (χ3v) is 4.17. The van der Waals surface area contributed by atoms with Crippen molar-refractivity contribution in [3.63, 3.8) is 0 Å². The quantitative estimate of drug-likeness (QED) is 0.926. The van der Waals surface area contributed by atoms with Gasteiger partial charge < -0.3 is 5.11 Å². The fraction of sp³-hybridized carbons (Fsp3) is 0.500. The Hall–Kier alpha value is -1.41. The zero-order valence-corrected chi connectivity index (χ0v) is 11.2. The van der Waals surface area contributed by atoms with Gasteiger partial charge >= 0.3 is 6.18 Å². The maximum Gasteiger partial charge on any atom is 0.434 e. The predicted molar refractivity (Wildman–Crippen MR) is 66.5 cm³/mol. The van der Waals surface area contributed by atoms with Crippen molar-refractivity contribution in [2.24, 2.45) is 0 Å². The van der Waals surface area contributed by atoms with Crippen molar-refractivity contribution in [2.45, 2.75) is 38.1 Å². The number of rotatable bonds is 2. The zero-order chi connectivity index (χ0) is 14.3. The van der Waals surface area contributed by atoms with Crippen LogP contribution in [-0.4, -0.2) is 26.0 Å².